The standard InChI is InChI=1S/C11H24N2S/c1-4-11(8-12-5-2)13-6-7-14-9-10(13)3/h10-12H,4-9H2,1-3H3. The van der Waals surface area contributed by atoms with E-state index in [1.165, 1.54) is 24.5 Å². The highest BCUT2D eigenvalue weighted by molar-refractivity contribution is 7.99. The van der Waals surface area contributed by atoms with Gasteiger partial charge in [0.25, 0.3) is 0 Å². The van der Waals surface area contributed by atoms with Gasteiger partial charge in [-0.05, 0) is 19.9 Å². The molecule has 0 aromatic heterocycles. The highest BCUT2D eigenvalue weighted by Gasteiger charge is 2.24. The average Bonchev–Trinajstić information content (AvgIpc) is 2.21. The van der Waals surface area contributed by atoms with Crippen molar-refractivity contribution in [3.63, 3.8) is 0 Å². The Balaban J connectivity index is 2.40. The number of hydrogen-bond acceptors (Lipinski definition) is 3. The van der Waals surface area contributed by atoms with E-state index in [9.17, 15) is 0 Å². The van der Waals surface area contributed by atoms with E-state index in [0.29, 0.717) is 0 Å². The minimum Gasteiger partial charge on any atom is -0.315 e. The van der Waals surface area contributed by atoms with E-state index < -0.39 is 0 Å². The van der Waals surface area contributed by atoms with Gasteiger partial charge in [-0.25, -0.2) is 0 Å². The van der Waals surface area contributed by atoms with Crippen LogP contribution in [0, 0.1) is 0 Å². The molecule has 1 heterocycles. The molecule has 0 aliphatic carbocycles. The average molecular weight is 216 g/mol. The van der Waals surface area contributed by atoms with Crippen molar-refractivity contribution in [3.05, 3.63) is 0 Å². The summed E-state index contributed by atoms with van der Waals surface area (Å²) in [6, 6.07) is 1.50. The van der Waals surface area contributed by atoms with Crippen LogP contribution in [0.1, 0.15) is 27.2 Å². The number of likely N-dealkylation sites (N-methyl/N-ethyl adjacent to an activating group) is 1. The molecule has 0 radical (unpaired) electrons. The van der Waals surface area contributed by atoms with Gasteiger partial charge in [0, 0.05) is 36.7 Å². The number of thioether (sulfide) groups is 1. The largest absolute Gasteiger partial charge is 0.315 e. The zero-order chi connectivity index (χ0) is 10.4. The van der Waals surface area contributed by atoms with Gasteiger partial charge in [0.05, 0.1) is 0 Å². The molecule has 0 spiro atoms. The van der Waals surface area contributed by atoms with Crippen LogP contribution in [0.15, 0.2) is 0 Å². The lowest BCUT2D eigenvalue weighted by Crippen LogP contribution is -2.50. The molecule has 1 saturated heterocycles. The van der Waals surface area contributed by atoms with Crippen LogP contribution in [-0.2, 0) is 0 Å². The summed E-state index contributed by atoms with van der Waals surface area (Å²) in [5.41, 5.74) is 0. The number of nitrogens with one attached hydrogen (secondary N) is 1. The van der Waals surface area contributed by atoms with Crippen molar-refractivity contribution < 1.29 is 0 Å². The normalized spacial score (nSPS) is 26.4. The summed E-state index contributed by atoms with van der Waals surface area (Å²) in [5, 5.41) is 3.47. The van der Waals surface area contributed by atoms with Crippen LogP contribution in [0.5, 0.6) is 0 Å². The van der Waals surface area contributed by atoms with Crippen molar-refractivity contribution in [2.24, 2.45) is 0 Å². The fraction of sp³-hybridized carbons (Fsp3) is 1.00. The molecule has 0 bridgehead atoms. The van der Waals surface area contributed by atoms with E-state index in [1.54, 1.807) is 0 Å². The van der Waals surface area contributed by atoms with Crippen molar-refractivity contribution in [1.29, 1.82) is 0 Å². The first kappa shape index (κ1) is 12.3. The highest BCUT2D eigenvalue weighted by Crippen LogP contribution is 2.19. The first-order chi connectivity index (χ1) is 6.79. The Labute approximate surface area is 92.8 Å². The van der Waals surface area contributed by atoms with Crippen LogP contribution in [0.25, 0.3) is 0 Å². The first-order valence-electron chi connectivity index (χ1n) is 5.83. The molecular formula is C11H24N2S. The van der Waals surface area contributed by atoms with Gasteiger partial charge in [0.1, 0.15) is 0 Å². The highest BCUT2D eigenvalue weighted by atomic mass is 32.2. The van der Waals surface area contributed by atoms with Gasteiger partial charge in [-0.1, -0.05) is 13.8 Å². The Bertz CT molecular complexity index is 152. The summed E-state index contributed by atoms with van der Waals surface area (Å²) in [5.74, 6) is 2.62. The number of rotatable bonds is 5. The summed E-state index contributed by atoms with van der Waals surface area (Å²) >= 11 is 2.10. The van der Waals surface area contributed by atoms with Gasteiger partial charge < -0.3 is 5.32 Å². The molecule has 1 N–H and O–H groups in total. The van der Waals surface area contributed by atoms with Gasteiger partial charge in [-0.3, -0.25) is 4.90 Å². The lowest BCUT2D eigenvalue weighted by molar-refractivity contribution is 0.154. The molecule has 0 aromatic rings. The second-order valence-electron chi connectivity index (χ2n) is 4.03. The molecule has 2 unspecified atom stereocenters. The maximum absolute atomic E-state index is 3.47. The molecule has 0 amide bonds. The molecule has 0 aromatic carbocycles. The van der Waals surface area contributed by atoms with Gasteiger partial charge in [-0.15, -0.1) is 0 Å². The Morgan fingerprint density at radius 3 is 2.86 bits per heavy atom. The van der Waals surface area contributed by atoms with E-state index in [1.807, 2.05) is 0 Å². The molecule has 1 rings (SSSR count). The van der Waals surface area contributed by atoms with Crippen LogP contribution in [0.3, 0.4) is 0 Å². The molecule has 1 fully saturated rings. The maximum atomic E-state index is 3.47. The lowest BCUT2D eigenvalue weighted by Gasteiger charge is -2.39. The molecule has 2 nitrogen and oxygen atoms in total. The third-order valence-corrected chi connectivity index (χ3v) is 4.18. The van der Waals surface area contributed by atoms with E-state index >= 15 is 0 Å². The first-order valence-corrected chi connectivity index (χ1v) is 6.99. The zero-order valence-electron chi connectivity index (χ0n) is 9.75. The van der Waals surface area contributed by atoms with Gasteiger partial charge in [0.2, 0.25) is 0 Å². The Kier molecular flexibility index (Phi) is 5.90. The van der Waals surface area contributed by atoms with Crippen LogP contribution in [-0.4, -0.2) is 48.1 Å². The summed E-state index contributed by atoms with van der Waals surface area (Å²) in [6.45, 7) is 10.4. The van der Waals surface area contributed by atoms with E-state index in [2.05, 4.69) is 42.7 Å². The van der Waals surface area contributed by atoms with E-state index in [0.717, 1.165) is 25.2 Å². The van der Waals surface area contributed by atoms with Crippen molar-refractivity contribution >= 4 is 11.8 Å². The van der Waals surface area contributed by atoms with Crippen LogP contribution < -0.4 is 5.32 Å². The predicted octanol–water partition coefficient (Wildman–Crippen LogP) is 1.81. The summed E-state index contributed by atoms with van der Waals surface area (Å²) < 4.78 is 0. The minimum absolute atomic E-state index is 0.742. The van der Waals surface area contributed by atoms with Crippen LogP contribution in [0.4, 0.5) is 0 Å². The summed E-state index contributed by atoms with van der Waals surface area (Å²) in [6.07, 6.45) is 1.27. The topological polar surface area (TPSA) is 15.3 Å². The lowest BCUT2D eigenvalue weighted by atomic mass is 10.1. The SMILES string of the molecule is CCNCC(CC)N1CCSCC1C. The van der Waals surface area contributed by atoms with E-state index in [4.69, 9.17) is 0 Å². The summed E-state index contributed by atoms with van der Waals surface area (Å²) in [7, 11) is 0. The molecule has 3 heteroatoms. The monoisotopic (exact) mass is 216 g/mol. The van der Waals surface area contributed by atoms with Crippen molar-refractivity contribution in [2.75, 3.05) is 31.1 Å². The molecule has 84 valence electrons. The van der Waals surface area contributed by atoms with Crippen molar-refractivity contribution in [1.82, 2.24) is 10.2 Å². The van der Waals surface area contributed by atoms with Crippen molar-refractivity contribution in [2.45, 2.75) is 39.3 Å². The second-order valence-corrected chi connectivity index (χ2v) is 5.18. The van der Waals surface area contributed by atoms with Gasteiger partial charge >= 0.3 is 0 Å². The Morgan fingerprint density at radius 2 is 2.29 bits per heavy atom. The molecule has 0 saturated carbocycles. The summed E-state index contributed by atoms with van der Waals surface area (Å²) in [4.78, 5) is 2.68. The maximum Gasteiger partial charge on any atom is 0.0221 e. The fourth-order valence-corrected chi connectivity index (χ4v) is 3.13. The number of nitrogens with zero attached hydrogens (tertiary/aromatic N) is 1. The second kappa shape index (κ2) is 6.70. The smallest absolute Gasteiger partial charge is 0.0221 e. The molecular weight excluding hydrogens is 192 g/mol. The Hall–Kier alpha value is 0.270. The Morgan fingerprint density at radius 1 is 1.50 bits per heavy atom. The number of hydrogen-bond donors (Lipinski definition) is 1. The van der Waals surface area contributed by atoms with Crippen molar-refractivity contribution in [3.8, 4) is 0 Å². The van der Waals surface area contributed by atoms with Crippen LogP contribution in [0.2, 0.25) is 0 Å². The third kappa shape index (κ3) is 3.44. The zero-order valence-corrected chi connectivity index (χ0v) is 10.6. The quantitative estimate of drug-likeness (QED) is 0.754. The van der Waals surface area contributed by atoms with Gasteiger partial charge in [0.15, 0.2) is 0 Å². The minimum atomic E-state index is 0.742. The molecule has 1 aliphatic heterocycles. The van der Waals surface area contributed by atoms with E-state index in [-0.39, 0.29) is 0 Å². The predicted molar refractivity (Wildman–Crippen MR) is 66.1 cm³/mol. The molecule has 2 atom stereocenters. The molecule has 1 aliphatic rings. The fourth-order valence-electron chi connectivity index (χ4n) is 2.09. The van der Waals surface area contributed by atoms with Gasteiger partial charge in [-0.2, -0.15) is 11.8 Å². The van der Waals surface area contributed by atoms with Crippen LogP contribution >= 0.6 is 11.8 Å². The third-order valence-electron chi connectivity index (χ3n) is 2.99. The molecule has 14 heavy (non-hydrogen) atoms.